The van der Waals surface area contributed by atoms with Gasteiger partial charge in [0.1, 0.15) is 5.69 Å². The molecule has 0 spiro atoms. The van der Waals surface area contributed by atoms with Crippen molar-refractivity contribution in [2.75, 3.05) is 0 Å². The average molecular weight is 283 g/mol. The summed E-state index contributed by atoms with van der Waals surface area (Å²) in [6.45, 7) is 3.40. The number of para-hydroxylation sites is 2. The molecular weight excluding hydrogens is 270 g/mol. The Morgan fingerprint density at radius 2 is 2.05 bits per heavy atom. The third-order valence-corrected chi connectivity index (χ3v) is 3.04. The molecule has 3 aromatic rings. The molecule has 0 saturated carbocycles. The summed E-state index contributed by atoms with van der Waals surface area (Å²) in [6, 6.07) is 7.18. The van der Waals surface area contributed by atoms with Gasteiger partial charge in [-0.15, -0.1) is 0 Å². The van der Waals surface area contributed by atoms with E-state index in [9.17, 15) is 9.90 Å². The van der Waals surface area contributed by atoms with E-state index in [1.165, 1.54) is 6.08 Å². The van der Waals surface area contributed by atoms with Crippen molar-refractivity contribution in [2.24, 2.45) is 0 Å². The van der Waals surface area contributed by atoms with Gasteiger partial charge in [-0.2, -0.15) is 0 Å². The lowest BCUT2D eigenvalue weighted by Crippen LogP contribution is -2.12. The number of hydrogen-bond donors (Lipinski definition) is 2. The summed E-state index contributed by atoms with van der Waals surface area (Å²) in [5, 5.41) is 10.1. The number of nitrogens with one attached hydrogen (secondary N) is 1. The topological polar surface area (TPSA) is 92.0 Å². The highest BCUT2D eigenvalue weighted by molar-refractivity contribution is 5.78. The first kappa shape index (κ1) is 13.1. The predicted octanol–water partition coefficient (Wildman–Crippen LogP) is 2.58. The smallest absolute Gasteiger partial charge is 0.274 e. The molecular formula is C15H13N3O3. The summed E-state index contributed by atoms with van der Waals surface area (Å²) < 4.78 is 5.31. The number of rotatable bonds is 2. The molecule has 2 N–H and O–H groups in total. The second kappa shape index (κ2) is 4.90. The van der Waals surface area contributed by atoms with Crippen molar-refractivity contribution in [3.63, 3.8) is 0 Å². The third kappa shape index (κ3) is 2.43. The maximum absolute atomic E-state index is 12.0. The highest BCUT2D eigenvalue weighted by Crippen LogP contribution is 2.19. The Hall–Kier alpha value is -2.89. The van der Waals surface area contributed by atoms with E-state index in [4.69, 9.17) is 4.42 Å². The molecule has 0 atom stereocenters. The van der Waals surface area contributed by atoms with Gasteiger partial charge < -0.3 is 14.5 Å². The summed E-state index contributed by atoms with van der Waals surface area (Å²) in [5.41, 5.74) is 1.57. The van der Waals surface area contributed by atoms with Gasteiger partial charge in [-0.3, -0.25) is 4.79 Å². The van der Waals surface area contributed by atoms with Crippen LogP contribution in [0.15, 0.2) is 33.5 Å². The van der Waals surface area contributed by atoms with Gasteiger partial charge in [0.25, 0.3) is 5.56 Å². The average Bonchev–Trinajstić information content (AvgIpc) is 2.78. The third-order valence-electron chi connectivity index (χ3n) is 3.04. The molecule has 0 aliphatic rings. The minimum absolute atomic E-state index is 0.111. The summed E-state index contributed by atoms with van der Waals surface area (Å²) in [4.78, 5) is 23.0. The van der Waals surface area contributed by atoms with Crippen LogP contribution < -0.4 is 5.56 Å². The number of hydrogen-bond acceptors (Lipinski definition) is 5. The summed E-state index contributed by atoms with van der Waals surface area (Å²) in [6.07, 6.45) is 1.28. The van der Waals surface area contributed by atoms with Crippen molar-refractivity contribution < 1.29 is 9.52 Å². The van der Waals surface area contributed by atoms with E-state index < -0.39 is 0 Å². The van der Waals surface area contributed by atoms with E-state index in [2.05, 4.69) is 15.0 Å². The molecule has 6 heteroatoms. The zero-order valence-electron chi connectivity index (χ0n) is 11.5. The molecule has 0 aliphatic carbocycles. The lowest BCUT2D eigenvalue weighted by atomic mass is 10.2. The molecule has 2 heterocycles. The van der Waals surface area contributed by atoms with Gasteiger partial charge in [0.05, 0.1) is 16.7 Å². The fourth-order valence-corrected chi connectivity index (χ4v) is 2.11. The van der Waals surface area contributed by atoms with Crippen LogP contribution in [0.4, 0.5) is 0 Å². The van der Waals surface area contributed by atoms with Gasteiger partial charge in [-0.1, -0.05) is 12.1 Å². The van der Waals surface area contributed by atoms with E-state index in [-0.39, 0.29) is 22.8 Å². The molecule has 21 heavy (non-hydrogen) atoms. The number of nitrogens with zero attached hydrogens (tertiary/aromatic N) is 2. The molecule has 6 nitrogen and oxygen atoms in total. The van der Waals surface area contributed by atoms with Crippen molar-refractivity contribution in [3.05, 3.63) is 57.7 Å². The Morgan fingerprint density at radius 1 is 1.29 bits per heavy atom. The van der Waals surface area contributed by atoms with Crippen LogP contribution in [0.25, 0.3) is 22.9 Å². The highest BCUT2D eigenvalue weighted by Gasteiger charge is 2.12. The minimum Gasteiger partial charge on any atom is -0.504 e. The highest BCUT2D eigenvalue weighted by atomic mass is 16.4. The monoisotopic (exact) mass is 283 g/mol. The summed E-state index contributed by atoms with van der Waals surface area (Å²) >= 11 is 0. The molecule has 1 aromatic carbocycles. The molecule has 3 rings (SSSR count). The lowest BCUT2D eigenvalue weighted by molar-refractivity contribution is 0.446. The minimum atomic E-state index is -0.380. The van der Waals surface area contributed by atoms with E-state index in [1.54, 1.807) is 26.0 Å². The zero-order valence-corrected chi connectivity index (χ0v) is 11.5. The Labute approximate surface area is 119 Å². The number of fused-ring (bicyclic) bond motifs is 1. The number of aliphatic hydroxyl groups excluding tert-OH is 1. The van der Waals surface area contributed by atoms with Crippen LogP contribution in [0.3, 0.4) is 0 Å². The number of oxazole rings is 1. The standard InChI is InChI=1S/C15H13N3O3/c1-8-14(21-9(2)16-8)13(19)7-12-15(20)18-11-6-4-3-5-10(11)17-12/h3-7,19H,1-2H3,(H,18,20). The normalized spacial score (nSPS) is 12.0. The number of aromatic nitrogens is 3. The lowest BCUT2D eigenvalue weighted by Gasteiger charge is -2.00. The van der Waals surface area contributed by atoms with Gasteiger partial charge in [-0.05, 0) is 19.1 Å². The number of aryl methyl sites for hydroxylation is 2. The van der Waals surface area contributed by atoms with Crippen LogP contribution in [0, 0.1) is 13.8 Å². The molecule has 106 valence electrons. The number of aliphatic hydroxyl groups is 1. The molecule has 0 radical (unpaired) electrons. The van der Waals surface area contributed by atoms with Gasteiger partial charge in [0.2, 0.25) is 0 Å². The summed E-state index contributed by atoms with van der Waals surface area (Å²) in [7, 11) is 0. The second-order valence-electron chi connectivity index (χ2n) is 4.65. The van der Waals surface area contributed by atoms with Gasteiger partial charge in [-0.25, -0.2) is 9.97 Å². The SMILES string of the molecule is Cc1nc(C)c(C(O)=Cc2nc3ccccc3[nH]c2=O)o1. The Balaban J connectivity index is 2.12. The molecule has 2 aromatic heterocycles. The maximum Gasteiger partial charge on any atom is 0.274 e. The van der Waals surface area contributed by atoms with E-state index in [1.807, 2.05) is 12.1 Å². The fourth-order valence-electron chi connectivity index (χ4n) is 2.11. The predicted molar refractivity (Wildman–Crippen MR) is 78.8 cm³/mol. The Bertz CT molecular complexity index is 906. The first-order valence-corrected chi connectivity index (χ1v) is 6.39. The largest absolute Gasteiger partial charge is 0.504 e. The van der Waals surface area contributed by atoms with Crippen LogP contribution in [-0.2, 0) is 0 Å². The molecule has 0 amide bonds. The van der Waals surface area contributed by atoms with Crippen LogP contribution >= 0.6 is 0 Å². The maximum atomic E-state index is 12.0. The number of benzene rings is 1. The number of H-pyrrole nitrogens is 1. The van der Waals surface area contributed by atoms with Gasteiger partial charge in [0, 0.05) is 13.0 Å². The van der Waals surface area contributed by atoms with Gasteiger partial charge in [0.15, 0.2) is 17.4 Å². The molecule has 0 saturated heterocycles. The molecule has 0 fully saturated rings. The van der Waals surface area contributed by atoms with Crippen LogP contribution in [0.1, 0.15) is 23.0 Å². The van der Waals surface area contributed by atoms with Crippen LogP contribution in [0.2, 0.25) is 0 Å². The second-order valence-corrected chi connectivity index (χ2v) is 4.65. The number of aromatic amines is 1. The van der Waals surface area contributed by atoms with Gasteiger partial charge >= 0.3 is 0 Å². The Kier molecular flexibility index (Phi) is 3.06. The van der Waals surface area contributed by atoms with Crippen molar-refractivity contribution in [1.82, 2.24) is 15.0 Å². The van der Waals surface area contributed by atoms with Crippen LogP contribution in [-0.4, -0.2) is 20.1 Å². The Morgan fingerprint density at radius 3 is 2.76 bits per heavy atom. The van der Waals surface area contributed by atoms with Crippen molar-refractivity contribution >= 4 is 22.9 Å². The quantitative estimate of drug-likeness (QED) is 0.705. The van der Waals surface area contributed by atoms with E-state index in [0.717, 1.165) is 0 Å². The van der Waals surface area contributed by atoms with Crippen molar-refractivity contribution in [3.8, 4) is 0 Å². The summed E-state index contributed by atoms with van der Waals surface area (Å²) in [5.74, 6) is 0.506. The van der Waals surface area contributed by atoms with E-state index in [0.29, 0.717) is 22.6 Å². The van der Waals surface area contributed by atoms with Crippen LogP contribution in [0.5, 0.6) is 0 Å². The zero-order chi connectivity index (χ0) is 15.0. The molecule has 0 aliphatic heterocycles. The van der Waals surface area contributed by atoms with E-state index >= 15 is 0 Å². The van der Waals surface area contributed by atoms with Crippen molar-refractivity contribution in [2.45, 2.75) is 13.8 Å². The first-order chi connectivity index (χ1) is 10.0. The molecule has 0 unspecified atom stereocenters. The molecule has 0 bridgehead atoms. The first-order valence-electron chi connectivity index (χ1n) is 6.39. The fraction of sp³-hybridized carbons (Fsp3) is 0.133. The van der Waals surface area contributed by atoms with Crippen molar-refractivity contribution in [1.29, 1.82) is 0 Å².